The van der Waals surface area contributed by atoms with Crippen molar-refractivity contribution in [2.75, 3.05) is 0 Å². The predicted octanol–water partition coefficient (Wildman–Crippen LogP) is 12.5. The topological polar surface area (TPSA) is 40.6 Å². The Bertz CT molecular complexity index is 841. The first kappa shape index (κ1) is 40.9. The lowest BCUT2D eigenvalue weighted by atomic mass is 9.69. The lowest BCUT2D eigenvalue weighted by Gasteiger charge is -2.57. The number of amides is 2. The van der Waals surface area contributed by atoms with Gasteiger partial charge in [-0.15, -0.1) is 0 Å². The summed E-state index contributed by atoms with van der Waals surface area (Å²) in [6.07, 6.45) is 28.1. The number of carbonyl (C=O) groups excluding carboxylic acids is 2. The summed E-state index contributed by atoms with van der Waals surface area (Å²) in [5.41, 5.74) is 2.23. The zero-order chi connectivity index (χ0) is 34.4. The zero-order valence-electron chi connectivity index (χ0n) is 32.7. The summed E-state index contributed by atoms with van der Waals surface area (Å²) in [7, 11) is 0. The highest BCUT2D eigenvalue weighted by molar-refractivity contribution is 5.79. The summed E-state index contributed by atoms with van der Waals surface area (Å²) in [6, 6.07) is 0. The van der Waals surface area contributed by atoms with Crippen molar-refractivity contribution in [2.24, 2.45) is 0 Å². The van der Waals surface area contributed by atoms with E-state index in [1.165, 1.54) is 114 Å². The van der Waals surface area contributed by atoms with Crippen LogP contribution in [-0.2, 0) is 9.59 Å². The highest BCUT2D eigenvalue weighted by Crippen LogP contribution is 2.49. The summed E-state index contributed by atoms with van der Waals surface area (Å²) in [4.78, 5) is 31.9. The van der Waals surface area contributed by atoms with Gasteiger partial charge in [-0.05, 0) is 93.9 Å². The number of carbonyl (C=O) groups is 2. The smallest absolute Gasteiger partial charge is 0.223 e. The lowest BCUT2D eigenvalue weighted by Crippen LogP contribution is -2.63. The van der Waals surface area contributed by atoms with Gasteiger partial charge in [0.2, 0.25) is 11.8 Å². The Hall–Kier alpha value is -1.32. The molecule has 2 saturated heterocycles. The highest BCUT2D eigenvalue weighted by atomic mass is 16.2. The van der Waals surface area contributed by atoms with Crippen LogP contribution in [0.5, 0.6) is 0 Å². The van der Waals surface area contributed by atoms with E-state index in [-0.39, 0.29) is 22.2 Å². The average molecular weight is 643 g/mol. The van der Waals surface area contributed by atoms with Crippen molar-refractivity contribution in [3.8, 4) is 0 Å². The maximum absolute atomic E-state index is 13.7. The molecule has 0 N–H and O–H groups in total. The van der Waals surface area contributed by atoms with Crippen molar-refractivity contribution in [3.63, 3.8) is 0 Å². The molecule has 2 amide bonds. The number of unbranched alkanes of at least 4 members (excludes halogenated alkanes) is 16. The van der Waals surface area contributed by atoms with Crippen LogP contribution >= 0.6 is 0 Å². The van der Waals surface area contributed by atoms with Gasteiger partial charge < -0.3 is 9.80 Å². The van der Waals surface area contributed by atoms with E-state index in [1.807, 2.05) is 0 Å². The second kappa shape index (κ2) is 19.0. The zero-order valence-corrected chi connectivity index (χ0v) is 32.7. The molecule has 0 saturated carbocycles. The van der Waals surface area contributed by atoms with Gasteiger partial charge in [0.05, 0.1) is 0 Å². The van der Waals surface area contributed by atoms with Gasteiger partial charge in [0, 0.05) is 35.0 Å². The molecule has 2 aliphatic rings. The largest absolute Gasteiger partial charge is 0.332 e. The molecular weight excluding hydrogens is 564 g/mol. The molecule has 2 aliphatic heterocycles. The minimum atomic E-state index is -0.211. The summed E-state index contributed by atoms with van der Waals surface area (Å²) in [5.74, 6) is 0.666. The van der Waals surface area contributed by atoms with E-state index in [0.717, 1.165) is 38.5 Å². The van der Waals surface area contributed by atoms with Crippen LogP contribution < -0.4 is 0 Å². The Morgan fingerprint density at radius 2 is 0.630 bits per heavy atom. The fraction of sp³-hybridized carbons (Fsp3) is 0.905. The monoisotopic (exact) mass is 643 g/mol. The number of nitrogens with zero attached hydrogens (tertiary/aromatic N) is 2. The molecule has 0 aromatic rings. The minimum Gasteiger partial charge on any atom is -0.332 e. The van der Waals surface area contributed by atoms with Crippen molar-refractivity contribution in [1.82, 2.24) is 9.80 Å². The molecule has 4 nitrogen and oxygen atoms in total. The Labute approximate surface area is 287 Å². The summed E-state index contributed by atoms with van der Waals surface area (Å²) in [6.45, 7) is 22.8. The van der Waals surface area contributed by atoms with Crippen molar-refractivity contribution >= 4 is 11.8 Å². The van der Waals surface area contributed by atoms with E-state index >= 15 is 0 Å². The molecule has 2 heterocycles. The van der Waals surface area contributed by atoms with Gasteiger partial charge in [-0.1, -0.05) is 128 Å². The van der Waals surface area contributed by atoms with E-state index in [4.69, 9.17) is 0 Å². The van der Waals surface area contributed by atoms with Crippen LogP contribution in [-0.4, -0.2) is 43.8 Å². The van der Waals surface area contributed by atoms with Gasteiger partial charge in [-0.2, -0.15) is 0 Å². The number of piperidine rings is 2. The molecule has 2 fully saturated rings. The normalized spacial score (nSPS) is 20.3. The van der Waals surface area contributed by atoms with Crippen LogP contribution in [0.3, 0.4) is 0 Å². The first-order chi connectivity index (χ1) is 21.6. The van der Waals surface area contributed by atoms with Crippen molar-refractivity contribution in [2.45, 2.75) is 245 Å². The molecule has 0 spiro atoms. The second-order valence-electron chi connectivity index (χ2n) is 17.8. The van der Waals surface area contributed by atoms with Crippen LogP contribution in [0.25, 0.3) is 0 Å². The molecular formula is C42H78N2O2. The number of rotatable bonds is 20. The van der Waals surface area contributed by atoms with Gasteiger partial charge in [0.25, 0.3) is 0 Å². The molecule has 0 bridgehead atoms. The molecule has 0 unspecified atom stereocenters. The fourth-order valence-corrected chi connectivity index (χ4v) is 9.42. The summed E-state index contributed by atoms with van der Waals surface area (Å²) >= 11 is 0. The Balaban J connectivity index is 1.96. The fourth-order valence-electron chi connectivity index (χ4n) is 9.42. The Morgan fingerprint density at radius 3 is 0.870 bits per heavy atom. The van der Waals surface area contributed by atoms with E-state index in [1.54, 1.807) is 0 Å². The second-order valence-corrected chi connectivity index (χ2v) is 17.8. The van der Waals surface area contributed by atoms with E-state index < -0.39 is 0 Å². The van der Waals surface area contributed by atoms with Crippen LogP contribution in [0, 0.1) is 0 Å². The molecule has 46 heavy (non-hydrogen) atoms. The van der Waals surface area contributed by atoms with Crippen LogP contribution in [0.15, 0.2) is 11.1 Å². The maximum Gasteiger partial charge on any atom is 0.223 e. The third-order valence-corrected chi connectivity index (χ3v) is 11.0. The van der Waals surface area contributed by atoms with Crippen LogP contribution in [0.2, 0.25) is 0 Å². The molecule has 0 aliphatic carbocycles. The van der Waals surface area contributed by atoms with E-state index in [0.29, 0.717) is 24.7 Å². The SMILES string of the molecule is CCCCCCCCCCCC(=O)N1C(C)(C)CC(=C2CC(C)(C)N(C(=O)CCCCCCCCCCC)C(C)(C)C2)CC1(C)C. The first-order valence-electron chi connectivity index (χ1n) is 19.9. The molecule has 0 radical (unpaired) electrons. The van der Waals surface area contributed by atoms with Crippen molar-refractivity contribution < 1.29 is 9.59 Å². The third-order valence-electron chi connectivity index (χ3n) is 11.0. The summed E-state index contributed by atoms with van der Waals surface area (Å²) < 4.78 is 0. The van der Waals surface area contributed by atoms with Crippen LogP contribution in [0.1, 0.15) is 223 Å². The highest BCUT2D eigenvalue weighted by Gasteiger charge is 2.50. The standard InChI is InChI=1S/C42H78N2O2/c1-11-13-15-17-19-21-23-25-27-29-37(45)43-39(3,4)31-35(32-40(43,5)6)36-33-41(7,8)44(42(9,10)34-36)38(46)30-28-26-24-22-20-18-16-14-12-2/h11-34H2,1-10H3. The number of likely N-dealkylation sites (tertiary alicyclic amines) is 2. The molecule has 0 atom stereocenters. The molecule has 2 rings (SSSR count). The Kier molecular flexibility index (Phi) is 16.9. The average Bonchev–Trinajstić information content (AvgIpc) is 2.92. The number of hydrogen-bond donors (Lipinski definition) is 0. The van der Waals surface area contributed by atoms with Crippen LogP contribution in [0.4, 0.5) is 0 Å². The predicted molar refractivity (Wildman–Crippen MR) is 199 cm³/mol. The molecule has 0 aromatic heterocycles. The lowest BCUT2D eigenvalue weighted by molar-refractivity contribution is -0.149. The van der Waals surface area contributed by atoms with Gasteiger partial charge in [0.15, 0.2) is 0 Å². The summed E-state index contributed by atoms with van der Waals surface area (Å²) in [5, 5.41) is 0. The maximum atomic E-state index is 13.7. The van der Waals surface area contributed by atoms with Crippen molar-refractivity contribution in [3.05, 3.63) is 11.1 Å². The molecule has 4 heteroatoms. The number of hydrogen-bond acceptors (Lipinski definition) is 2. The first-order valence-corrected chi connectivity index (χ1v) is 19.9. The Morgan fingerprint density at radius 1 is 0.413 bits per heavy atom. The van der Waals surface area contributed by atoms with E-state index in [9.17, 15) is 9.59 Å². The van der Waals surface area contributed by atoms with Gasteiger partial charge in [-0.25, -0.2) is 0 Å². The van der Waals surface area contributed by atoms with Gasteiger partial charge in [-0.3, -0.25) is 9.59 Å². The van der Waals surface area contributed by atoms with Crippen molar-refractivity contribution in [1.29, 1.82) is 0 Å². The van der Waals surface area contributed by atoms with Gasteiger partial charge in [0.1, 0.15) is 0 Å². The third kappa shape index (κ3) is 12.6. The quantitative estimate of drug-likeness (QED) is 0.0979. The van der Waals surface area contributed by atoms with Gasteiger partial charge >= 0.3 is 0 Å². The minimum absolute atomic E-state index is 0.211. The molecule has 0 aromatic carbocycles. The molecule has 268 valence electrons. The van der Waals surface area contributed by atoms with E-state index in [2.05, 4.69) is 79.0 Å².